The van der Waals surface area contributed by atoms with E-state index in [2.05, 4.69) is 4.90 Å². The van der Waals surface area contributed by atoms with Crippen LogP contribution in [-0.4, -0.2) is 66.5 Å². The summed E-state index contributed by atoms with van der Waals surface area (Å²) in [5, 5.41) is 18.6. The molecule has 2 atom stereocenters. The van der Waals surface area contributed by atoms with Crippen LogP contribution in [0.5, 0.6) is 0 Å². The first-order valence-corrected chi connectivity index (χ1v) is 8.02. The van der Waals surface area contributed by atoms with E-state index in [9.17, 15) is 13.9 Å². The van der Waals surface area contributed by atoms with E-state index in [1.807, 2.05) is 11.9 Å². The van der Waals surface area contributed by atoms with Crippen molar-refractivity contribution in [1.29, 1.82) is 0 Å². The van der Waals surface area contributed by atoms with Crippen molar-refractivity contribution < 1.29 is 19.0 Å². The molecule has 0 aromatic heterocycles. The summed E-state index contributed by atoms with van der Waals surface area (Å²) in [6, 6.07) is 3.23. The Morgan fingerprint density at radius 2 is 1.87 bits per heavy atom. The maximum atomic E-state index is 14.0. The number of likely N-dealkylation sites (N-methyl/N-ethyl adjacent to an activating group) is 1. The molecule has 1 fully saturated rings. The average molecular weight is 328 g/mol. The fraction of sp³-hybridized carbons (Fsp3) is 0.647. The van der Waals surface area contributed by atoms with E-state index in [1.54, 1.807) is 19.1 Å². The molecule has 1 heterocycles. The van der Waals surface area contributed by atoms with Crippen LogP contribution in [0.4, 0.5) is 8.78 Å². The molecule has 0 aliphatic carbocycles. The van der Waals surface area contributed by atoms with Gasteiger partial charge in [0.1, 0.15) is 0 Å². The minimum absolute atomic E-state index is 0.0822. The summed E-state index contributed by atoms with van der Waals surface area (Å²) < 4.78 is 27.7. The maximum Gasteiger partial charge on any atom is 0.163 e. The normalized spacial score (nSPS) is 22.2. The van der Waals surface area contributed by atoms with Gasteiger partial charge in [-0.15, -0.1) is 0 Å². The zero-order valence-electron chi connectivity index (χ0n) is 13.8. The van der Waals surface area contributed by atoms with E-state index in [0.29, 0.717) is 30.8 Å². The third-order valence-corrected chi connectivity index (χ3v) is 4.66. The van der Waals surface area contributed by atoms with Crippen molar-refractivity contribution in [2.45, 2.75) is 13.5 Å². The van der Waals surface area contributed by atoms with Crippen molar-refractivity contribution in [3.63, 3.8) is 0 Å². The number of rotatable bonds is 7. The Balaban J connectivity index is 2.01. The summed E-state index contributed by atoms with van der Waals surface area (Å²) in [5.74, 6) is -1.17. The van der Waals surface area contributed by atoms with E-state index in [0.717, 1.165) is 13.1 Å². The second-order valence-electron chi connectivity index (χ2n) is 6.55. The number of benzene rings is 1. The lowest BCUT2D eigenvalue weighted by Gasteiger charge is -2.23. The highest BCUT2D eigenvalue weighted by molar-refractivity contribution is 5.25. The minimum atomic E-state index is -0.778. The number of likely N-dealkylation sites (tertiary alicyclic amines) is 1. The fourth-order valence-corrected chi connectivity index (χ4v) is 3.29. The van der Waals surface area contributed by atoms with Crippen molar-refractivity contribution in [3.8, 4) is 0 Å². The lowest BCUT2D eigenvalue weighted by molar-refractivity contribution is 0.160. The van der Waals surface area contributed by atoms with E-state index in [-0.39, 0.29) is 25.0 Å². The Bertz CT molecular complexity index is 528. The second kappa shape index (κ2) is 8.15. The van der Waals surface area contributed by atoms with Crippen molar-refractivity contribution in [2.75, 3.05) is 46.4 Å². The van der Waals surface area contributed by atoms with Gasteiger partial charge in [0.15, 0.2) is 11.6 Å². The number of nitrogens with zero attached hydrogens (tertiary/aromatic N) is 2. The van der Waals surface area contributed by atoms with E-state index in [1.165, 1.54) is 0 Å². The van der Waals surface area contributed by atoms with Gasteiger partial charge in [0.2, 0.25) is 0 Å². The molecule has 2 N–H and O–H groups in total. The number of halogens is 2. The van der Waals surface area contributed by atoms with Gasteiger partial charge >= 0.3 is 0 Å². The molecular weight excluding hydrogens is 302 g/mol. The molecule has 0 radical (unpaired) electrons. The van der Waals surface area contributed by atoms with Crippen LogP contribution < -0.4 is 0 Å². The number of aliphatic hydroxyl groups is 2. The molecule has 6 heteroatoms. The van der Waals surface area contributed by atoms with Gasteiger partial charge < -0.3 is 15.1 Å². The molecule has 1 aliphatic rings. The number of hydrogen-bond acceptors (Lipinski definition) is 4. The summed E-state index contributed by atoms with van der Waals surface area (Å²) >= 11 is 0. The lowest BCUT2D eigenvalue weighted by Crippen LogP contribution is -2.33. The number of aryl methyl sites for hydroxylation is 1. The molecule has 0 amide bonds. The molecule has 0 bridgehead atoms. The van der Waals surface area contributed by atoms with Crippen LogP contribution >= 0.6 is 0 Å². The topological polar surface area (TPSA) is 46.9 Å². The van der Waals surface area contributed by atoms with E-state index in [4.69, 9.17) is 5.11 Å². The van der Waals surface area contributed by atoms with Crippen LogP contribution in [0.15, 0.2) is 12.1 Å². The predicted octanol–water partition coefficient (Wildman–Crippen LogP) is 1.24. The van der Waals surface area contributed by atoms with Crippen molar-refractivity contribution in [3.05, 3.63) is 34.9 Å². The molecule has 23 heavy (non-hydrogen) atoms. The summed E-state index contributed by atoms with van der Waals surface area (Å²) in [4.78, 5) is 4.09. The summed E-state index contributed by atoms with van der Waals surface area (Å²) in [7, 11) is 1.93. The Hall–Kier alpha value is -1.08. The van der Waals surface area contributed by atoms with Gasteiger partial charge in [-0.25, -0.2) is 8.78 Å². The first-order valence-electron chi connectivity index (χ1n) is 8.02. The molecule has 1 aliphatic heterocycles. The van der Waals surface area contributed by atoms with Crippen LogP contribution in [0.25, 0.3) is 0 Å². The highest BCUT2D eigenvalue weighted by Gasteiger charge is 2.33. The van der Waals surface area contributed by atoms with Crippen molar-refractivity contribution >= 4 is 0 Å². The molecule has 1 aromatic carbocycles. The molecule has 0 unspecified atom stereocenters. The molecule has 1 aromatic rings. The van der Waals surface area contributed by atoms with Crippen molar-refractivity contribution in [2.24, 2.45) is 11.8 Å². The molecule has 1 saturated heterocycles. The predicted molar refractivity (Wildman–Crippen MR) is 85.0 cm³/mol. The molecular formula is C17H26F2N2O2. The SMILES string of the molecule is Cc1ccc(CN2C[C@@H](CN(C)CCO)[C@@H](CO)C2)c(F)c1F. The molecule has 2 rings (SSSR count). The first kappa shape index (κ1) is 18.3. The molecule has 4 nitrogen and oxygen atoms in total. The number of hydrogen-bond donors (Lipinski definition) is 2. The van der Waals surface area contributed by atoms with Gasteiger partial charge in [-0.3, -0.25) is 4.90 Å². The summed E-state index contributed by atoms with van der Waals surface area (Å²) in [6.45, 7) is 4.84. The maximum absolute atomic E-state index is 14.0. The molecule has 0 saturated carbocycles. The van der Waals surface area contributed by atoms with Gasteiger partial charge in [0.05, 0.1) is 6.61 Å². The largest absolute Gasteiger partial charge is 0.396 e. The lowest BCUT2D eigenvalue weighted by atomic mass is 9.96. The second-order valence-corrected chi connectivity index (χ2v) is 6.55. The van der Waals surface area contributed by atoms with Crippen LogP contribution in [0, 0.1) is 30.4 Å². The first-order chi connectivity index (χ1) is 11.0. The monoisotopic (exact) mass is 328 g/mol. The molecule has 0 spiro atoms. The number of aliphatic hydroxyl groups excluding tert-OH is 2. The Morgan fingerprint density at radius 3 is 2.52 bits per heavy atom. The van der Waals surface area contributed by atoms with Crippen molar-refractivity contribution in [1.82, 2.24) is 9.80 Å². The van der Waals surface area contributed by atoms with Crippen LogP contribution in [0.2, 0.25) is 0 Å². The summed E-state index contributed by atoms with van der Waals surface area (Å²) in [6.07, 6.45) is 0. The highest BCUT2D eigenvalue weighted by Crippen LogP contribution is 2.26. The van der Waals surface area contributed by atoms with Gasteiger partial charge in [-0.05, 0) is 31.4 Å². The van der Waals surface area contributed by atoms with Crippen LogP contribution in [-0.2, 0) is 6.54 Å². The Labute approximate surface area is 136 Å². The fourth-order valence-electron chi connectivity index (χ4n) is 3.29. The van der Waals surface area contributed by atoms with Gasteiger partial charge in [0.25, 0.3) is 0 Å². The van der Waals surface area contributed by atoms with Gasteiger partial charge in [-0.2, -0.15) is 0 Å². The summed E-state index contributed by atoms with van der Waals surface area (Å²) in [5.41, 5.74) is 0.665. The zero-order valence-corrected chi connectivity index (χ0v) is 13.8. The minimum Gasteiger partial charge on any atom is -0.396 e. The van der Waals surface area contributed by atoms with Gasteiger partial charge in [-0.1, -0.05) is 12.1 Å². The molecule has 130 valence electrons. The quantitative estimate of drug-likeness (QED) is 0.791. The standard InChI is InChI=1S/C17H26F2N2O2/c1-12-3-4-13(17(19)16(12)18)8-21-9-14(15(10-21)11-23)7-20(2)5-6-22/h3-4,14-15,22-23H,5-11H2,1-2H3/t14-,15-/m1/s1. The smallest absolute Gasteiger partial charge is 0.163 e. The van der Waals surface area contributed by atoms with Crippen LogP contribution in [0.3, 0.4) is 0 Å². The van der Waals surface area contributed by atoms with Gasteiger partial charge in [0, 0.05) is 44.9 Å². The van der Waals surface area contributed by atoms with Crippen LogP contribution in [0.1, 0.15) is 11.1 Å². The Kier molecular flexibility index (Phi) is 6.47. The highest BCUT2D eigenvalue weighted by atomic mass is 19.2. The average Bonchev–Trinajstić information content (AvgIpc) is 2.89. The Morgan fingerprint density at radius 1 is 1.17 bits per heavy atom. The third kappa shape index (κ3) is 4.47. The third-order valence-electron chi connectivity index (χ3n) is 4.66. The van der Waals surface area contributed by atoms with E-state index >= 15 is 0 Å². The zero-order chi connectivity index (χ0) is 17.0. The van der Waals surface area contributed by atoms with E-state index < -0.39 is 11.6 Å².